The number of carbonyl (C=O) groups excluding carboxylic acids is 1. The van der Waals surface area contributed by atoms with E-state index >= 15 is 0 Å². The van der Waals surface area contributed by atoms with Crippen LogP contribution in [0, 0.1) is 5.92 Å². The van der Waals surface area contributed by atoms with Crippen molar-refractivity contribution in [2.24, 2.45) is 5.92 Å². The minimum Gasteiger partial charge on any atom is -0.446 e. The average molecular weight is 384 g/mol. The van der Waals surface area contributed by atoms with Gasteiger partial charge in [0.05, 0.1) is 17.8 Å². The number of amides is 1. The minimum atomic E-state index is -0.438. The van der Waals surface area contributed by atoms with Crippen molar-refractivity contribution in [1.29, 1.82) is 0 Å². The second kappa shape index (κ2) is 6.73. The highest BCUT2D eigenvalue weighted by molar-refractivity contribution is 5.74. The molecule has 0 spiro atoms. The smallest absolute Gasteiger partial charge is 0.410 e. The molecule has 1 aliphatic heterocycles. The van der Waals surface area contributed by atoms with Crippen LogP contribution in [0.4, 0.5) is 4.79 Å². The van der Waals surface area contributed by atoms with Crippen molar-refractivity contribution in [3.8, 4) is 0 Å². The van der Waals surface area contributed by atoms with Gasteiger partial charge in [-0.3, -0.25) is 4.40 Å². The van der Waals surface area contributed by atoms with Crippen LogP contribution in [-0.4, -0.2) is 66.0 Å². The number of aromatic nitrogens is 5. The van der Waals surface area contributed by atoms with E-state index in [1.54, 1.807) is 11.1 Å². The third-order valence-electron chi connectivity index (χ3n) is 6.16. The van der Waals surface area contributed by atoms with E-state index in [9.17, 15) is 9.90 Å². The summed E-state index contributed by atoms with van der Waals surface area (Å²) in [6.45, 7) is 3.08. The Bertz CT molecular complexity index is 1010. The van der Waals surface area contributed by atoms with Gasteiger partial charge in [-0.2, -0.15) is 0 Å². The van der Waals surface area contributed by atoms with Crippen LogP contribution in [0.25, 0.3) is 16.8 Å². The number of β-amino-alcohol motifs (C(OH)–C–C–N with tert-alkyl or cyclic N) is 1. The topological polar surface area (TPSA) is 109 Å². The fourth-order valence-electron chi connectivity index (χ4n) is 4.70. The zero-order valence-corrected chi connectivity index (χ0v) is 15.8. The molecule has 1 amide bonds. The van der Waals surface area contributed by atoms with Crippen LogP contribution in [0.15, 0.2) is 18.5 Å². The molecule has 4 heterocycles. The first kappa shape index (κ1) is 17.4. The Morgan fingerprint density at radius 3 is 3.07 bits per heavy atom. The number of nitrogens with zero attached hydrogens (tertiary/aromatic N) is 5. The summed E-state index contributed by atoms with van der Waals surface area (Å²) in [5.74, 6) is 1.45. The largest absolute Gasteiger partial charge is 0.446 e. The molecule has 2 fully saturated rings. The molecule has 9 nitrogen and oxygen atoms in total. The monoisotopic (exact) mass is 384 g/mol. The molecule has 0 aromatic carbocycles. The molecule has 148 valence electrons. The van der Waals surface area contributed by atoms with Gasteiger partial charge >= 0.3 is 6.09 Å². The summed E-state index contributed by atoms with van der Waals surface area (Å²) in [5.41, 5.74) is 2.48. The van der Waals surface area contributed by atoms with E-state index < -0.39 is 6.10 Å². The van der Waals surface area contributed by atoms with Crippen molar-refractivity contribution < 1.29 is 14.6 Å². The Kier molecular flexibility index (Phi) is 4.19. The molecule has 5 rings (SSSR count). The second-order valence-electron chi connectivity index (χ2n) is 7.86. The molecule has 3 aromatic heterocycles. The summed E-state index contributed by atoms with van der Waals surface area (Å²) in [5, 5.41) is 18.4. The number of aromatic amines is 1. The first-order chi connectivity index (χ1) is 13.6. The lowest BCUT2D eigenvalue weighted by Crippen LogP contribution is -2.32. The van der Waals surface area contributed by atoms with Crippen molar-refractivity contribution in [1.82, 2.24) is 29.5 Å². The van der Waals surface area contributed by atoms with E-state index in [2.05, 4.69) is 31.5 Å². The molecule has 2 N–H and O–H groups in total. The van der Waals surface area contributed by atoms with Gasteiger partial charge in [0.1, 0.15) is 11.9 Å². The number of rotatable bonds is 3. The maximum atomic E-state index is 12.4. The third kappa shape index (κ3) is 2.81. The van der Waals surface area contributed by atoms with Gasteiger partial charge in [0.25, 0.3) is 0 Å². The Morgan fingerprint density at radius 1 is 1.39 bits per heavy atom. The van der Waals surface area contributed by atoms with Crippen LogP contribution in [0.5, 0.6) is 0 Å². The number of carbonyl (C=O) groups is 1. The van der Waals surface area contributed by atoms with Crippen LogP contribution < -0.4 is 0 Å². The zero-order valence-electron chi connectivity index (χ0n) is 15.8. The van der Waals surface area contributed by atoms with Gasteiger partial charge in [0.2, 0.25) is 0 Å². The number of likely N-dealkylation sites (tertiary alicyclic amines) is 1. The van der Waals surface area contributed by atoms with Crippen LogP contribution in [-0.2, 0) is 4.74 Å². The van der Waals surface area contributed by atoms with E-state index in [4.69, 9.17) is 4.74 Å². The molecule has 1 saturated heterocycles. The highest BCUT2D eigenvalue weighted by atomic mass is 16.6. The summed E-state index contributed by atoms with van der Waals surface area (Å²) in [4.78, 5) is 21.5. The maximum absolute atomic E-state index is 12.4. The molecule has 1 saturated carbocycles. The molecule has 0 radical (unpaired) electrons. The van der Waals surface area contributed by atoms with Gasteiger partial charge < -0.3 is 19.7 Å². The summed E-state index contributed by atoms with van der Waals surface area (Å²) in [6.07, 6.45) is 5.84. The summed E-state index contributed by atoms with van der Waals surface area (Å²) in [7, 11) is 0. The Morgan fingerprint density at radius 2 is 2.29 bits per heavy atom. The van der Waals surface area contributed by atoms with Gasteiger partial charge in [-0.1, -0.05) is 13.3 Å². The van der Waals surface area contributed by atoms with Crippen LogP contribution >= 0.6 is 0 Å². The van der Waals surface area contributed by atoms with Crippen LogP contribution in [0.1, 0.15) is 44.3 Å². The molecule has 2 aliphatic rings. The number of aliphatic hydroxyl groups excluding tert-OH is 1. The first-order valence-electron chi connectivity index (χ1n) is 9.94. The van der Waals surface area contributed by atoms with Gasteiger partial charge in [0.15, 0.2) is 11.3 Å². The lowest BCUT2D eigenvalue weighted by molar-refractivity contribution is 0.0651. The van der Waals surface area contributed by atoms with Crippen molar-refractivity contribution in [2.45, 2.75) is 50.7 Å². The van der Waals surface area contributed by atoms with Gasteiger partial charge in [0, 0.05) is 25.2 Å². The fourth-order valence-corrected chi connectivity index (χ4v) is 4.70. The molecular formula is C19H24N6O3. The predicted octanol–water partition coefficient (Wildman–Crippen LogP) is 2.08. The van der Waals surface area contributed by atoms with Crippen LogP contribution in [0.3, 0.4) is 0 Å². The third-order valence-corrected chi connectivity index (χ3v) is 6.16. The quantitative estimate of drug-likeness (QED) is 0.716. The van der Waals surface area contributed by atoms with Crippen LogP contribution in [0.2, 0.25) is 0 Å². The summed E-state index contributed by atoms with van der Waals surface area (Å²) in [6, 6.07) is 1.98. The minimum absolute atomic E-state index is 0.143. The lowest BCUT2D eigenvalue weighted by Gasteiger charge is -2.19. The molecule has 0 bridgehead atoms. The number of H-pyrrole nitrogens is 1. The molecular weight excluding hydrogens is 360 g/mol. The number of hydrogen-bond acceptors (Lipinski definition) is 6. The Balaban J connectivity index is 1.40. The number of aliphatic hydroxyl groups is 1. The van der Waals surface area contributed by atoms with E-state index in [1.165, 1.54) is 0 Å². The van der Waals surface area contributed by atoms with Crippen molar-refractivity contribution in [3.63, 3.8) is 0 Å². The zero-order chi connectivity index (χ0) is 19.3. The molecule has 4 atom stereocenters. The van der Waals surface area contributed by atoms with Gasteiger partial charge in [-0.25, -0.2) is 9.78 Å². The molecule has 1 aliphatic carbocycles. The van der Waals surface area contributed by atoms with E-state index in [0.717, 1.165) is 41.9 Å². The standard InChI is InChI=1S/C19H24N6O3/c1-2-11-7-13(28-19(27)24-6-4-12(26)10-24)8-14(11)18-23-22-16-9-21-17-15(25(16)18)3-5-20-17/h3,5,9,11-14,20,26H,2,4,6-8,10H2,1H3/t11-,12-,13+,14+/m1/s1. The van der Waals surface area contributed by atoms with Gasteiger partial charge in [-0.15, -0.1) is 10.2 Å². The highest BCUT2D eigenvalue weighted by Crippen LogP contribution is 2.42. The number of fused-ring (bicyclic) bond motifs is 3. The molecule has 28 heavy (non-hydrogen) atoms. The molecule has 0 unspecified atom stereocenters. The Hall–Kier alpha value is -2.68. The van der Waals surface area contributed by atoms with Crippen molar-refractivity contribution >= 4 is 22.9 Å². The van der Waals surface area contributed by atoms with Gasteiger partial charge in [-0.05, 0) is 31.2 Å². The number of hydrogen-bond donors (Lipinski definition) is 2. The fraction of sp³-hybridized carbons (Fsp3) is 0.579. The first-order valence-corrected chi connectivity index (χ1v) is 9.94. The van der Waals surface area contributed by atoms with E-state index in [0.29, 0.717) is 25.4 Å². The second-order valence-corrected chi connectivity index (χ2v) is 7.86. The molecule has 3 aromatic rings. The predicted molar refractivity (Wildman–Crippen MR) is 101 cm³/mol. The Labute approximate surface area is 161 Å². The van der Waals surface area contributed by atoms with Crippen molar-refractivity contribution in [2.75, 3.05) is 13.1 Å². The summed E-state index contributed by atoms with van der Waals surface area (Å²) >= 11 is 0. The average Bonchev–Trinajstić information content (AvgIpc) is 3.45. The number of nitrogens with one attached hydrogen (secondary N) is 1. The maximum Gasteiger partial charge on any atom is 0.410 e. The van der Waals surface area contributed by atoms with E-state index in [-0.39, 0.29) is 18.1 Å². The SMILES string of the molecule is CC[C@@H]1C[C@H](OC(=O)N2CC[C@@H](O)C2)C[C@@H]1c1nnc2cnc3[nH]ccc3n12. The van der Waals surface area contributed by atoms with E-state index in [1.807, 2.05) is 12.3 Å². The normalized spacial score (nSPS) is 27.9. The highest BCUT2D eigenvalue weighted by Gasteiger charge is 2.40. The lowest BCUT2D eigenvalue weighted by atomic mass is 9.93. The summed E-state index contributed by atoms with van der Waals surface area (Å²) < 4.78 is 7.85. The number of ether oxygens (including phenoxy) is 1. The molecule has 9 heteroatoms. The van der Waals surface area contributed by atoms with Crippen molar-refractivity contribution in [3.05, 3.63) is 24.3 Å².